The van der Waals surface area contributed by atoms with Crippen LogP contribution in [0.2, 0.25) is 0 Å². The highest BCUT2D eigenvalue weighted by molar-refractivity contribution is 5.47. The van der Waals surface area contributed by atoms with Gasteiger partial charge in [0, 0.05) is 7.05 Å². The van der Waals surface area contributed by atoms with E-state index in [1.165, 1.54) is 6.33 Å². The highest BCUT2D eigenvalue weighted by Gasteiger charge is 2.12. The average Bonchev–Trinajstić information content (AvgIpc) is 2.42. The highest BCUT2D eigenvalue weighted by Crippen LogP contribution is 2.25. The lowest BCUT2D eigenvalue weighted by Gasteiger charge is -2.16. The molecule has 0 aliphatic carbocycles. The van der Waals surface area contributed by atoms with Gasteiger partial charge in [0.2, 0.25) is 5.88 Å². The van der Waals surface area contributed by atoms with Crippen LogP contribution in [0.3, 0.4) is 0 Å². The third-order valence-corrected chi connectivity index (χ3v) is 2.83. The first-order valence-electron chi connectivity index (χ1n) is 5.93. The molecule has 1 unspecified atom stereocenters. The Morgan fingerprint density at radius 2 is 1.89 bits per heavy atom. The standard InChI is InChI=1S/C14H17N3O/c1-10-13(15-3)16-9-17-14(10)18-11(2)12-7-5-4-6-8-12/h4-9,11H,1-3H3,(H,15,16,17). The number of hydrogen-bond donors (Lipinski definition) is 1. The summed E-state index contributed by atoms with van der Waals surface area (Å²) in [5, 5.41) is 3.02. The molecule has 0 radical (unpaired) electrons. The average molecular weight is 243 g/mol. The zero-order valence-corrected chi connectivity index (χ0v) is 10.8. The van der Waals surface area contributed by atoms with Gasteiger partial charge in [-0.1, -0.05) is 30.3 Å². The summed E-state index contributed by atoms with van der Waals surface area (Å²) in [6.07, 6.45) is 1.47. The topological polar surface area (TPSA) is 47.0 Å². The molecule has 18 heavy (non-hydrogen) atoms. The monoisotopic (exact) mass is 243 g/mol. The molecule has 1 aromatic carbocycles. The Bertz CT molecular complexity index is 514. The van der Waals surface area contributed by atoms with Crippen molar-refractivity contribution in [1.82, 2.24) is 9.97 Å². The highest BCUT2D eigenvalue weighted by atomic mass is 16.5. The van der Waals surface area contributed by atoms with Crippen molar-refractivity contribution in [1.29, 1.82) is 0 Å². The quantitative estimate of drug-likeness (QED) is 0.896. The number of anilines is 1. The van der Waals surface area contributed by atoms with Crippen molar-refractivity contribution < 1.29 is 4.74 Å². The number of rotatable bonds is 4. The van der Waals surface area contributed by atoms with Crippen LogP contribution in [0.15, 0.2) is 36.7 Å². The molecule has 2 aromatic rings. The molecule has 94 valence electrons. The summed E-state index contributed by atoms with van der Waals surface area (Å²) in [6.45, 7) is 3.95. The summed E-state index contributed by atoms with van der Waals surface area (Å²) in [7, 11) is 1.83. The third-order valence-electron chi connectivity index (χ3n) is 2.83. The van der Waals surface area contributed by atoms with Crippen molar-refractivity contribution in [3.8, 4) is 5.88 Å². The molecule has 1 atom stereocenters. The molecule has 1 aromatic heterocycles. The fourth-order valence-corrected chi connectivity index (χ4v) is 1.76. The summed E-state index contributed by atoms with van der Waals surface area (Å²) in [5.41, 5.74) is 2.05. The Hall–Kier alpha value is -2.10. The lowest BCUT2D eigenvalue weighted by molar-refractivity contribution is 0.215. The molecule has 0 aliphatic rings. The lowest BCUT2D eigenvalue weighted by atomic mass is 10.1. The SMILES string of the molecule is CNc1ncnc(OC(C)c2ccccc2)c1C. The zero-order chi connectivity index (χ0) is 13.0. The largest absolute Gasteiger partial charge is 0.469 e. The van der Waals surface area contributed by atoms with E-state index in [1.807, 2.05) is 51.2 Å². The second-order valence-electron chi connectivity index (χ2n) is 4.07. The maximum absolute atomic E-state index is 5.88. The smallest absolute Gasteiger partial charge is 0.222 e. The first-order chi connectivity index (χ1) is 8.72. The number of hydrogen-bond acceptors (Lipinski definition) is 4. The van der Waals surface area contributed by atoms with Crippen LogP contribution >= 0.6 is 0 Å². The molecule has 0 saturated heterocycles. The first-order valence-corrected chi connectivity index (χ1v) is 5.93. The number of aromatic nitrogens is 2. The van der Waals surface area contributed by atoms with Crippen molar-refractivity contribution in [2.75, 3.05) is 12.4 Å². The van der Waals surface area contributed by atoms with E-state index in [4.69, 9.17) is 4.74 Å². The summed E-state index contributed by atoms with van der Waals surface area (Å²) in [6, 6.07) is 10.1. The van der Waals surface area contributed by atoms with Gasteiger partial charge >= 0.3 is 0 Å². The second-order valence-corrected chi connectivity index (χ2v) is 4.07. The van der Waals surface area contributed by atoms with Crippen molar-refractivity contribution in [3.05, 3.63) is 47.8 Å². The number of nitrogens with zero attached hydrogens (tertiary/aromatic N) is 2. The van der Waals surface area contributed by atoms with E-state index in [2.05, 4.69) is 15.3 Å². The van der Waals surface area contributed by atoms with E-state index in [9.17, 15) is 0 Å². The van der Waals surface area contributed by atoms with Crippen LogP contribution in [-0.4, -0.2) is 17.0 Å². The van der Waals surface area contributed by atoms with Crippen LogP contribution < -0.4 is 10.1 Å². The van der Waals surface area contributed by atoms with E-state index in [0.717, 1.165) is 16.9 Å². The summed E-state index contributed by atoms with van der Waals surface area (Å²) >= 11 is 0. The maximum atomic E-state index is 5.88. The summed E-state index contributed by atoms with van der Waals surface area (Å²) < 4.78 is 5.88. The van der Waals surface area contributed by atoms with Gasteiger partial charge < -0.3 is 10.1 Å². The van der Waals surface area contributed by atoms with E-state index >= 15 is 0 Å². The minimum absolute atomic E-state index is 0.0375. The minimum Gasteiger partial charge on any atom is -0.469 e. The third kappa shape index (κ3) is 2.59. The van der Waals surface area contributed by atoms with Gasteiger partial charge in [0.1, 0.15) is 18.2 Å². The van der Waals surface area contributed by atoms with Crippen LogP contribution in [0.5, 0.6) is 5.88 Å². The van der Waals surface area contributed by atoms with Crippen LogP contribution in [0.1, 0.15) is 24.2 Å². The first kappa shape index (κ1) is 12.4. The molecule has 0 saturated carbocycles. The van der Waals surface area contributed by atoms with Gasteiger partial charge in [-0.15, -0.1) is 0 Å². The van der Waals surface area contributed by atoms with E-state index < -0.39 is 0 Å². The van der Waals surface area contributed by atoms with Gasteiger partial charge in [0.15, 0.2) is 0 Å². The summed E-state index contributed by atoms with van der Waals surface area (Å²) in [4.78, 5) is 8.31. The van der Waals surface area contributed by atoms with Gasteiger partial charge in [-0.25, -0.2) is 9.97 Å². The number of benzene rings is 1. The molecule has 0 fully saturated rings. The lowest BCUT2D eigenvalue weighted by Crippen LogP contribution is -2.07. The Labute approximate surface area is 107 Å². The van der Waals surface area contributed by atoms with E-state index in [1.54, 1.807) is 0 Å². The van der Waals surface area contributed by atoms with Crippen molar-refractivity contribution in [2.45, 2.75) is 20.0 Å². The number of nitrogens with one attached hydrogen (secondary N) is 1. The predicted molar refractivity (Wildman–Crippen MR) is 71.8 cm³/mol. The molecular formula is C14H17N3O. The predicted octanol–water partition coefficient (Wildman–Crippen LogP) is 2.97. The second kappa shape index (κ2) is 5.49. The Morgan fingerprint density at radius 1 is 1.17 bits per heavy atom. The van der Waals surface area contributed by atoms with Crippen LogP contribution in [0, 0.1) is 6.92 Å². The fourth-order valence-electron chi connectivity index (χ4n) is 1.76. The Morgan fingerprint density at radius 3 is 2.56 bits per heavy atom. The molecule has 4 heteroatoms. The van der Waals surface area contributed by atoms with Gasteiger partial charge in [-0.3, -0.25) is 0 Å². The van der Waals surface area contributed by atoms with Gasteiger partial charge in [-0.2, -0.15) is 0 Å². The molecule has 1 heterocycles. The Kier molecular flexibility index (Phi) is 3.77. The molecule has 4 nitrogen and oxygen atoms in total. The van der Waals surface area contributed by atoms with Gasteiger partial charge in [0.25, 0.3) is 0 Å². The molecule has 0 bridgehead atoms. The number of ether oxygens (including phenoxy) is 1. The van der Waals surface area contributed by atoms with Crippen molar-refractivity contribution >= 4 is 5.82 Å². The van der Waals surface area contributed by atoms with E-state index in [0.29, 0.717) is 5.88 Å². The zero-order valence-electron chi connectivity index (χ0n) is 10.8. The Balaban J connectivity index is 2.19. The van der Waals surface area contributed by atoms with Gasteiger partial charge in [-0.05, 0) is 19.4 Å². The molecule has 1 N–H and O–H groups in total. The molecule has 2 rings (SSSR count). The van der Waals surface area contributed by atoms with Crippen LogP contribution in [-0.2, 0) is 0 Å². The molecular weight excluding hydrogens is 226 g/mol. The molecule has 0 amide bonds. The maximum Gasteiger partial charge on any atom is 0.222 e. The summed E-state index contributed by atoms with van der Waals surface area (Å²) in [5.74, 6) is 1.41. The van der Waals surface area contributed by atoms with E-state index in [-0.39, 0.29) is 6.10 Å². The van der Waals surface area contributed by atoms with Gasteiger partial charge in [0.05, 0.1) is 5.56 Å². The molecule has 0 spiro atoms. The fraction of sp³-hybridized carbons (Fsp3) is 0.286. The normalized spacial score (nSPS) is 11.9. The van der Waals surface area contributed by atoms with Crippen molar-refractivity contribution in [3.63, 3.8) is 0 Å². The van der Waals surface area contributed by atoms with Crippen molar-refractivity contribution in [2.24, 2.45) is 0 Å². The van der Waals surface area contributed by atoms with Crippen LogP contribution in [0.25, 0.3) is 0 Å². The molecule has 0 aliphatic heterocycles. The van der Waals surface area contributed by atoms with Crippen LogP contribution in [0.4, 0.5) is 5.82 Å². The minimum atomic E-state index is -0.0375.